The summed E-state index contributed by atoms with van der Waals surface area (Å²) in [5.41, 5.74) is 1.77. The highest BCUT2D eigenvalue weighted by molar-refractivity contribution is 6.00. The summed E-state index contributed by atoms with van der Waals surface area (Å²) in [6, 6.07) is 9.73. The van der Waals surface area contributed by atoms with Crippen molar-refractivity contribution in [1.82, 2.24) is 9.80 Å². The predicted molar refractivity (Wildman–Crippen MR) is 136 cm³/mol. The van der Waals surface area contributed by atoms with Gasteiger partial charge in [-0.3, -0.25) is 4.79 Å². The van der Waals surface area contributed by atoms with E-state index in [2.05, 4.69) is 22.5 Å². The van der Waals surface area contributed by atoms with Crippen LogP contribution in [0.2, 0.25) is 0 Å². The first-order valence-corrected chi connectivity index (χ1v) is 12.1. The first kappa shape index (κ1) is 25.6. The Morgan fingerprint density at radius 1 is 1.11 bits per heavy atom. The highest BCUT2D eigenvalue weighted by Gasteiger charge is 2.30. The van der Waals surface area contributed by atoms with Gasteiger partial charge in [-0.05, 0) is 51.4 Å². The molecule has 0 aliphatic carbocycles. The van der Waals surface area contributed by atoms with Crippen LogP contribution in [-0.4, -0.2) is 79.6 Å². The van der Waals surface area contributed by atoms with E-state index in [0.717, 1.165) is 0 Å². The molecule has 3 N–H and O–H groups in total. The molecule has 2 aromatic carbocycles. The van der Waals surface area contributed by atoms with E-state index >= 15 is 0 Å². The molecule has 10 nitrogen and oxygen atoms in total. The monoisotopic (exact) mass is 498 g/mol. The van der Waals surface area contributed by atoms with Gasteiger partial charge in [-0.25, -0.2) is 4.79 Å². The Balaban J connectivity index is 1.54. The van der Waals surface area contributed by atoms with Crippen LogP contribution >= 0.6 is 0 Å². The first-order valence-electron chi connectivity index (χ1n) is 12.1. The molecule has 0 saturated carbocycles. The molecule has 36 heavy (non-hydrogen) atoms. The number of aliphatic hydroxyl groups excluding tert-OH is 1. The maximum absolute atomic E-state index is 13.3. The first-order chi connectivity index (χ1) is 17.2. The van der Waals surface area contributed by atoms with Crippen molar-refractivity contribution in [3.63, 3.8) is 0 Å². The van der Waals surface area contributed by atoms with Gasteiger partial charge in [-0.1, -0.05) is 6.92 Å². The van der Waals surface area contributed by atoms with Gasteiger partial charge in [0.15, 0.2) is 11.5 Å². The SMILES string of the molecule is C[C@H]1CN([C@@H](C)CO)C(=O)Cc2cc(NC(=O)Nc3ccc4c(c3)OCO4)ccc2O[C@H]1CN(C)C. The van der Waals surface area contributed by atoms with E-state index in [1.54, 1.807) is 41.3 Å². The van der Waals surface area contributed by atoms with Gasteiger partial charge in [0, 0.05) is 42.0 Å². The van der Waals surface area contributed by atoms with Gasteiger partial charge < -0.3 is 39.8 Å². The molecule has 0 unspecified atom stereocenters. The Morgan fingerprint density at radius 3 is 2.47 bits per heavy atom. The van der Waals surface area contributed by atoms with E-state index in [1.165, 1.54) is 0 Å². The van der Waals surface area contributed by atoms with Crippen molar-refractivity contribution in [1.29, 1.82) is 0 Å². The molecule has 2 aliphatic rings. The zero-order valence-corrected chi connectivity index (χ0v) is 21.1. The second-order valence-electron chi connectivity index (χ2n) is 9.62. The molecule has 0 bridgehead atoms. The molecule has 4 rings (SSSR count). The van der Waals surface area contributed by atoms with Crippen LogP contribution in [-0.2, 0) is 11.2 Å². The lowest BCUT2D eigenvalue weighted by Crippen LogP contribution is -2.47. The van der Waals surface area contributed by atoms with Crippen LogP contribution in [0, 0.1) is 5.92 Å². The van der Waals surface area contributed by atoms with E-state index in [-0.39, 0.29) is 43.8 Å². The molecule has 2 heterocycles. The number of benzene rings is 2. The molecular weight excluding hydrogens is 464 g/mol. The summed E-state index contributed by atoms with van der Waals surface area (Å²) >= 11 is 0. The number of fused-ring (bicyclic) bond motifs is 2. The van der Waals surface area contributed by atoms with Gasteiger partial charge >= 0.3 is 6.03 Å². The fraction of sp³-hybridized carbons (Fsp3) is 0.462. The summed E-state index contributed by atoms with van der Waals surface area (Å²) in [6.07, 6.45) is -0.0634. The summed E-state index contributed by atoms with van der Waals surface area (Å²) in [4.78, 5) is 29.7. The smallest absolute Gasteiger partial charge is 0.323 e. The molecule has 2 aromatic rings. The highest BCUT2D eigenvalue weighted by atomic mass is 16.7. The van der Waals surface area contributed by atoms with Crippen LogP contribution in [0.25, 0.3) is 0 Å². The summed E-state index contributed by atoms with van der Waals surface area (Å²) < 4.78 is 17.1. The van der Waals surface area contributed by atoms with Crippen molar-refractivity contribution in [2.24, 2.45) is 5.92 Å². The third-order valence-electron chi connectivity index (χ3n) is 6.35. The summed E-state index contributed by atoms with van der Waals surface area (Å²) in [6.45, 7) is 5.09. The normalized spacial score (nSPS) is 20.1. The third kappa shape index (κ3) is 6.00. The summed E-state index contributed by atoms with van der Waals surface area (Å²) in [5.74, 6) is 1.77. The number of hydrogen-bond donors (Lipinski definition) is 3. The van der Waals surface area contributed by atoms with E-state index in [4.69, 9.17) is 14.2 Å². The average Bonchev–Trinajstić information content (AvgIpc) is 3.31. The van der Waals surface area contributed by atoms with Crippen molar-refractivity contribution in [3.05, 3.63) is 42.0 Å². The quantitative estimate of drug-likeness (QED) is 0.561. The molecule has 2 aliphatic heterocycles. The minimum absolute atomic E-state index is 0.0431. The molecule has 0 aromatic heterocycles. The van der Waals surface area contributed by atoms with Crippen LogP contribution in [0.5, 0.6) is 17.2 Å². The van der Waals surface area contributed by atoms with E-state index in [9.17, 15) is 14.7 Å². The number of urea groups is 1. The number of amides is 3. The Morgan fingerprint density at radius 2 is 1.78 bits per heavy atom. The molecule has 0 saturated heterocycles. The Labute approximate surface area is 211 Å². The van der Waals surface area contributed by atoms with Crippen molar-refractivity contribution >= 4 is 23.3 Å². The summed E-state index contributed by atoms with van der Waals surface area (Å²) in [5, 5.41) is 15.3. The second-order valence-corrected chi connectivity index (χ2v) is 9.62. The Bertz CT molecular complexity index is 1110. The van der Waals surface area contributed by atoms with E-state index < -0.39 is 6.03 Å². The maximum Gasteiger partial charge on any atom is 0.323 e. The number of aliphatic hydroxyl groups is 1. The third-order valence-corrected chi connectivity index (χ3v) is 6.35. The number of ether oxygens (including phenoxy) is 3. The molecule has 194 valence electrons. The van der Waals surface area contributed by atoms with Gasteiger partial charge in [-0.2, -0.15) is 0 Å². The number of likely N-dealkylation sites (N-methyl/N-ethyl adjacent to an activating group) is 1. The minimum atomic E-state index is -0.432. The van der Waals surface area contributed by atoms with Crippen molar-refractivity contribution in [2.75, 3.05) is 51.2 Å². The Hall–Kier alpha value is -3.50. The molecule has 10 heteroatoms. The molecule has 3 atom stereocenters. The zero-order chi connectivity index (χ0) is 25.8. The molecule has 0 radical (unpaired) electrons. The zero-order valence-electron chi connectivity index (χ0n) is 21.1. The second kappa shape index (κ2) is 11.0. The molecular formula is C26H34N4O6. The van der Waals surface area contributed by atoms with Crippen molar-refractivity contribution in [2.45, 2.75) is 32.4 Å². The lowest BCUT2D eigenvalue weighted by atomic mass is 10.0. The number of carbonyl (C=O) groups excluding carboxylic acids is 2. The highest BCUT2D eigenvalue weighted by Crippen LogP contribution is 2.34. The number of nitrogens with zero attached hydrogens (tertiary/aromatic N) is 2. The van der Waals surface area contributed by atoms with Crippen molar-refractivity contribution < 1.29 is 28.9 Å². The largest absolute Gasteiger partial charge is 0.488 e. The number of nitrogens with one attached hydrogen (secondary N) is 2. The van der Waals surface area contributed by atoms with Gasteiger partial charge in [0.1, 0.15) is 11.9 Å². The number of carbonyl (C=O) groups is 2. The fourth-order valence-electron chi connectivity index (χ4n) is 4.35. The van der Waals surface area contributed by atoms with E-state index in [0.29, 0.717) is 47.3 Å². The molecule has 3 amide bonds. The number of anilines is 2. The fourth-order valence-corrected chi connectivity index (χ4v) is 4.35. The summed E-state index contributed by atoms with van der Waals surface area (Å²) in [7, 11) is 3.96. The van der Waals surface area contributed by atoms with Crippen LogP contribution in [0.15, 0.2) is 36.4 Å². The van der Waals surface area contributed by atoms with Gasteiger partial charge in [-0.15, -0.1) is 0 Å². The van der Waals surface area contributed by atoms with Crippen LogP contribution < -0.4 is 24.8 Å². The van der Waals surface area contributed by atoms with Crippen molar-refractivity contribution in [3.8, 4) is 17.2 Å². The van der Waals surface area contributed by atoms with Gasteiger partial charge in [0.2, 0.25) is 12.7 Å². The topological polar surface area (TPSA) is 113 Å². The number of hydrogen-bond acceptors (Lipinski definition) is 7. The molecule has 0 spiro atoms. The average molecular weight is 499 g/mol. The van der Waals surface area contributed by atoms with Crippen LogP contribution in [0.4, 0.5) is 16.2 Å². The standard InChI is InChI=1S/C26H34N4O6/c1-16-12-30(17(2)14-31)25(32)10-18-9-19(5-7-21(18)36-24(16)13-29(3)4)27-26(33)28-20-6-8-22-23(11-20)35-15-34-22/h5-9,11,16-17,24,31H,10,12-15H2,1-4H3,(H2,27,28,33)/t16-,17-,24-/m0/s1. The van der Waals surface area contributed by atoms with Crippen LogP contribution in [0.1, 0.15) is 19.4 Å². The Kier molecular flexibility index (Phi) is 7.85. The lowest BCUT2D eigenvalue weighted by Gasteiger charge is -2.33. The molecule has 0 fully saturated rings. The minimum Gasteiger partial charge on any atom is -0.488 e. The van der Waals surface area contributed by atoms with Gasteiger partial charge in [0.05, 0.1) is 19.1 Å². The maximum atomic E-state index is 13.3. The number of rotatable bonds is 6. The van der Waals surface area contributed by atoms with Crippen LogP contribution in [0.3, 0.4) is 0 Å². The lowest BCUT2D eigenvalue weighted by molar-refractivity contribution is -0.134. The van der Waals surface area contributed by atoms with E-state index in [1.807, 2.05) is 21.0 Å². The predicted octanol–water partition coefficient (Wildman–Crippen LogP) is 2.77. The van der Waals surface area contributed by atoms with Gasteiger partial charge in [0.25, 0.3) is 0 Å².